The third-order valence-corrected chi connectivity index (χ3v) is 5.99. The predicted molar refractivity (Wildman–Crippen MR) is 106 cm³/mol. The normalized spacial score (nSPS) is 18.2. The third-order valence-electron chi connectivity index (χ3n) is 4.85. The first-order valence-corrected chi connectivity index (χ1v) is 9.92. The van der Waals surface area contributed by atoms with E-state index in [4.69, 9.17) is 5.73 Å². The molecule has 1 saturated heterocycles. The number of amides is 2. The SMILES string of the molecule is Cc1cc(NC(=O)c2cccc(F)c2)sc1C(=O)N1CCCCC1C(C)N. The zero-order chi connectivity index (χ0) is 19.6. The Hall–Kier alpha value is -2.25. The zero-order valence-electron chi connectivity index (χ0n) is 15.5. The van der Waals surface area contributed by atoms with Crippen LogP contribution in [0.1, 0.15) is 51.8 Å². The molecule has 27 heavy (non-hydrogen) atoms. The van der Waals surface area contributed by atoms with Crippen molar-refractivity contribution >= 4 is 28.2 Å². The molecule has 2 aromatic rings. The molecule has 3 rings (SSSR count). The Balaban J connectivity index is 1.77. The molecule has 2 heterocycles. The molecule has 0 radical (unpaired) electrons. The molecule has 5 nitrogen and oxygen atoms in total. The lowest BCUT2D eigenvalue weighted by molar-refractivity contribution is 0.0588. The summed E-state index contributed by atoms with van der Waals surface area (Å²) in [5.41, 5.74) is 7.13. The number of nitrogens with one attached hydrogen (secondary N) is 1. The van der Waals surface area contributed by atoms with Crippen LogP contribution in [0.5, 0.6) is 0 Å². The highest BCUT2D eigenvalue weighted by molar-refractivity contribution is 7.18. The van der Waals surface area contributed by atoms with Crippen molar-refractivity contribution in [3.63, 3.8) is 0 Å². The number of hydrogen-bond donors (Lipinski definition) is 2. The number of carbonyl (C=O) groups is 2. The van der Waals surface area contributed by atoms with Gasteiger partial charge in [-0.1, -0.05) is 6.07 Å². The van der Waals surface area contributed by atoms with Gasteiger partial charge in [0.1, 0.15) is 5.82 Å². The monoisotopic (exact) mass is 389 g/mol. The van der Waals surface area contributed by atoms with Crippen molar-refractivity contribution in [2.45, 2.75) is 45.2 Å². The molecule has 2 atom stereocenters. The lowest BCUT2D eigenvalue weighted by Gasteiger charge is -2.38. The Bertz CT molecular complexity index is 850. The second kappa shape index (κ2) is 8.19. The summed E-state index contributed by atoms with van der Waals surface area (Å²) in [5, 5.41) is 3.32. The van der Waals surface area contributed by atoms with Gasteiger partial charge in [-0.05, 0) is 62.9 Å². The van der Waals surface area contributed by atoms with E-state index < -0.39 is 11.7 Å². The first-order valence-electron chi connectivity index (χ1n) is 9.10. The van der Waals surface area contributed by atoms with Gasteiger partial charge in [-0.15, -0.1) is 11.3 Å². The van der Waals surface area contributed by atoms with Gasteiger partial charge in [0.25, 0.3) is 11.8 Å². The van der Waals surface area contributed by atoms with Crippen LogP contribution in [0.25, 0.3) is 0 Å². The van der Waals surface area contributed by atoms with Crippen LogP contribution in [0.15, 0.2) is 30.3 Å². The molecule has 1 aliphatic rings. The molecule has 0 saturated carbocycles. The number of carbonyl (C=O) groups excluding carboxylic acids is 2. The number of piperidine rings is 1. The zero-order valence-corrected chi connectivity index (χ0v) is 16.3. The van der Waals surface area contributed by atoms with E-state index in [0.717, 1.165) is 24.8 Å². The van der Waals surface area contributed by atoms with Gasteiger partial charge in [0, 0.05) is 24.2 Å². The number of hydrogen-bond acceptors (Lipinski definition) is 4. The largest absolute Gasteiger partial charge is 0.333 e. The molecule has 3 N–H and O–H groups in total. The summed E-state index contributed by atoms with van der Waals surface area (Å²) in [4.78, 5) is 27.9. The van der Waals surface area contributed by atoms with Crippen LogP contribution in [-0.2, 0) is 0 Å². The molecule has 2 unspecified atom stereocenters. The van der Waals surface area contributed by atoms with Crippen LogP contribution in [0.3, 0.4) is 0 Å². The van der Waals surface area contributed by atoms with Crippen LogP contribution < -0.4 is 11.1 Å². The van der Waals surface area contributed by atoms with Crippen LogP contribution in [0.2, 0.25) is 0 Å². The maximum atomic E-state index is 13.3. The van der Waals surface area contributed by atoms with Crippen LogP contribution in [0.4, 0.5) is 9.39 Å². The van der Waals surface area contributed by atoms with Crippen molar-refractivity contribution in [3.8, 4) is 0 Å². The van der Waals surface area contributed by atoms with E-state index in [1.165, 1.54) is 29.5 Å². The van der Waals surface area contributed by atoms with E-state index in [1.54, 1.807) is 12.1 Å². The molecule has 0 bridgehead atoms. The van der Waals surface area contributed by atoms with Gasteiger partial charge in [-0.2, -0.15) is 0 Å². The highest BCUT2D eigenvalue weighted by atomic mass is 32.1. The van der Waals surface area contributed by atoms with E-state index in [-0.39, 0.29) is 23.6 Å². The first kappa shape index (κ1) is 19.5. The number of halogens is 1. The van der Waals surface area contributed by atoms with E-state index in [9.17, 15) is 14.0 Å². The van der Waals surface area contributed by atoms with Gasteiger partial charge in [0.05, 0.1) is 9.88 Å². The standard InChI is InChI=1S/C20H24FN3O2S/c1-12-10-17(23-19(25)14-6-5-7-15(21)11-14)27-18(12)20(26)24-9-4-3-8-16(24)13(2)22/h5-7,10-11,13,16H,3-4,8-9,22H2,1-2H3,(H,23,25). The molecule has 7 heteroatoms. The maximum absolute atomic E-state index is 13.3. The van der Waals surface area contributed by atoms with E-state index >= 15 is 0 Å². The van der Waals surface area contributed by atoms with Gasteiger partial charge in [-0.3, -0.25) is 9.59 Å². The fourth-order valence-corrected chi connectivity index (χ4v) is 4.48. The smallest absolute Gasteiger partial charge is 0.264 e. The molecule has 1 fully saturated rings. The van der Waals surface area contributed by atoms with Crippen LogP contribution in [0, 0.1) is 12.7 Å². The summed E-state index contributed by atoms with van der Waals surface area (Å²) in [6.45, 7) is 4.49. The summed E-state index contributed by atoms with van der Waals surface area (Å²) in [5.74, 6) is -0.903. The summed E-state index contributed by atoms with van der Waals surface area (Å²) in [7, 11) is 0. The Kier molecular flexibility index (Phi) is 5.92. The molecule has 1 aliphatic heterocycles. The average molecular weight is 389 g/mol. The van der Waals surface area contributed by atoms with Crippen LogP contribution in [-0.4, -0.2) is 35.3 Å². The number of nitrogens with zero attached hydrogens (tertiary/aromatic N) is 1. The summed E-state index contributed by atoms with van der Waals surface area (Å²) < 4.78 is 13.3. The minimum Gasteiger partial charge on any atom is -0.333 e. The first-order chi connectivity index (χ1) is 12.9. The van der Waals surface area contributed by atoms with Crippen molar-refractivity contribution < 1.29 is 14.0 Å². The summed E-state index contributed by atoms with van der Waals surface area (Å²) in [6.07, 6.45) is 2.97. The van der Waals surface area contributed by atoms with Gasteiger partial charge in [-0.25, -0.2) is 4.39 Å². The van der Waals surface area contributed by atoms with E-state index in [0.29, 0.717) is 16.4 Å². The van der Waals surface area contributed by atoms with Crippen LogP contribution >= 0.6 is 11.3 Å². The molecule has 0 aliphatic carbocycles. The van der Waals surface area contributed by atoms with Crippen molar-refractivity contribution in [2.75, 3.05) is 11.9 Å². The van der Waals surface area contributed by atoms with Gasteiger partial charge >= 0.3 is 0 Å². The van der Waals surface area contributed by atoms with Crippen molar-refractivity contribution in [1.29, 1.82) is 0 Å². The Morgan fingerprint density at radius 3 is 2.81 bits per heavy atom. The molecule has 0 spiro atoms. The third kappa shape index (κ3) is 4.36. The fourth-order valence-electron chi connectivity index (χ4n) is 3.46. The quantitative estimate of drug-likeness (QED) is 0.835. The van der Waals surface area contributed by atoms with Crippen molar-refractivity contribution in [2.24, 2.45) is 5.73 Å². The number of likely N-dealkylation sites (tertiary alicyclic amines) is 1. The molecule has 1 aromatic heterocycles. The fraction of sp³-hybridized carbons (Fsp3) is 0.400. The minimum atomic E-state index is -0.465. The lowest BCUT2D eigenvalue weighted by atomic mass is 9.96. The van der Waals surface area contributed by atoms with E-state index in [1.807, 2.05) is 18.7 Å². The molecule has 1 aromatic carbocycles. The molecular weight excluding hydrogens is 365 g/mol. The minimum absolute atomic E-state index is 0.0363. The summed E-state index contributed by atoms with van der Waals surface area (Å²) >= 11 is 1.24. The topological polar surface area (TPSA) is 75.4 Å². The van der Waals surface area contributed by atoms with Crippen molar-refractivity contribution in [1.82, 2.24) is 4.90 Å². The highest BCUT2D eigenvalue weighted by Crippen LogP contribution is 2.30. The Labute approximate surface area is 162 Å². The maximum Gasteiger partial charge on any atom is 0.264 e. The molecule has 2 amide bonds. The Morgan fingerprint density at radius 1 is 1.33 bits per heavy atom. The number of benzene rings is 1. The molecular formula is C20H24FN3O2S. The summed E-state index contributed by atoms with van der Waals surface area (Å²) in [6, 6.07) is 7.24. The van der Waals surface area contributed by atoms with Crippen molar-refractivity contribution in [3.05, 3.63) is 52.2 Å². The number of anilines is 1. The number of rotatable bonds is 4. The second-order valence-electron chi connectivity index (χ2n) is 7.01. The van der Waals surface area contributed by atoms with E-state index in [2.05, 4.69) is 5.32 Å². The predicted octanol–water partition coefficient (Wildman–Crippen LogP) is 3.79. The highest BCUT2D eigenvalue weighted by Gasteiger charge is 2.31. The number of nitrogens with two attached hydrogens (primary N) is 1. The lowest BCUT2D eigenvalue weighted by Crippen LogP contribution is -2.51. The number of thiophene rings is 1. The molecule has 144 valence electrons. The van der Waals surface area contributed by atoms with Gasteiger partial charge < -0.3 is 16.0 Å². The van der Waals surface area contributed by atoms with Gasteiger partial charge in [0.2, 0.25) is 0 Å². The second-order valence-corrected chi connectivity index (χ2v) is 8.06. The van der Waals surface area contributed by atoms with Gasteiger partial charge in [0.15, 0.2) is 0 Å². The average Bonchev–Trinajstić information content (AvgIpc) is 3.01. The number of aryl methyl sites for hydroxylation is 1. The Morgan fingerprint density at radius 2 is 2.11 bits per heavy atom.